The van der Waals surface area contributed by atoms with E-state index in [0.29, 0.717) is 22.8 Å². The summed E-state index contributed by atoms with van der Waals surface area (Å²) in [6.45, 7) is 2.57. The first-order valence-electron chi connectivity index (χ1n) is 6.04. The van der Waals surface area contributed by atoms with Crippen molar-refractivity contribution in [2.75, 3.05) is 6.54 Å². The number of nitrogens with one attached hydrogen (secondary N) is 1. The van der Waals surface area contributed by atoms with Crippen LogP contribution in [0.3, 0.4) is 0 Å². The predicted molar refractivity (Wildman–Crippen MR) is 89.5 cm³/mol. The van der Waals surface area contributed by atoms with Crippen molar-refractivity contribution < 1.29 is 13.2 Å². The maximum atomic E-state index is 12.7. The van der Waals surface area contributed by atoms with Crippen LogP contribution in [0.5, 0.6) is 0 Å². The highest BCUT2D eigenvalue weighted by Crippen LogP contribution is 2.37. The van der Waals surface area contributed by atoms with E-state index in [9.17, 15) is 13.2 Å². The van der Waals surface area contributed by atoms with Crippen LogP contribution in [0.25, 0.3) is 0 Å². The Morgan fingerprint density at radius 2 is 2.14 bits per heavy atom. The van der Waals surface area contributed by atoms with E-state index in [1.54, 1.807) is 0 Å². The maximum absolute atomic E-state index is 12.7. The summed E-state index contributed by atoms with van der Waals surface area (Å²) in [5.74, 6) is 0. The van der Waals surface area contributed by atoms with Gasteiger partial charge in [0.05, 0.1) is 6.04 Å². The average Bonchev–Trinajstić information content (AvgIpc) is 2.88. The molecule has 0 saturated carbocycles. The van der Waals surface area contributed by atoms with Crippen molar-refractivity contribution in [3.05, 3.63) is 47.9 Å². The molecule has 2 nitrogen and oxygen atoms in total. The fraction of sp³-hybridized carbons (Fsp3) is 0.308. The average molecular weight is 491 g/mol. The van der Waals surface area contributed by atoms with Crippen LogP contribution in [-0.2, 0) is 6.18 Å². The van der Waals surface area contributed by atoms with E-state index in [2.05, 4.69) is 48.8 Å². The van der Waals surface area contributed by atoms with Crippen LogP contribution < -0.4 is 5.32 Å². The molecule has 21 heavy (non-hydrogen) atoms. The summed E-state index contributed by atoms with van der Waals surface area (Å²) in [5.41, 5.74) is 0.934. The highest BCUT2D eigenvalue weighted by atomic mass is 127. The lowest BCUT2D eigenvalue weighted by Gasteiger charge is -2.18. The molecule has 0 aliphatic rings. The Morgan fingerprint density at radius 3 is 2.71 bits per heavy atom. The van der Waals surface area contributed by atoms with Crippen molar-refractivity contribution in [2.45, 2.75) is 19.1 Å². The van der Waals surface area contributed by atoms with E-state index in [4.69, 9.17) is 0 Å². The second kappa shape index (κ2) is 6.93. The predicted octanol–water partition coefficient (Wildman–Crippen LogP) is 5.23. The Morgan fingerprint density at radius 1 is 1.43 bits per heavy atom. The molecule has 114 valence electrons. The molecule has 0 bridgehead atoms. The molecule has 0 radical (unpaired) electrons. The summed E-state index contributed by atoms with van der Waals surface area (Å²) in [5, 5.41) is 2.41. The Balaban J connectivity index is 2.44. The second-order valence-corrected chi connectivity index (χ2v) is 7.36. The van der Waals surface area contributed by atoms with Crippen LogP contribution in [-0.4, -0.2) is 11.5 Å². The molecule has 8 heteroatoms. The molecule has 2 aromatic rings. The van der Waals surface area contributed by atoms with Gasteiger partial charge in [-0.25, -0.2) is 4.98 Å². The number of benzene rings is 1. The highest BCUT2D eigenvalue weighted by molar-refractivity contribution is 14.1. The Labute approximate surface area is 146 Å². The lowest BCUT2D eigenvalue weighted by Crippen LogP contribution is -2.22. The van der Waals surface area contributed by atoms with Crippen molar-refractivity contribution in [3.8, 4) is 0 Å². The molecule has 0 aliphatic carbocycles. The van der Waals surface area contributed by atoms with Gasteiger partial charge < -0.3 is 5.32 Å². The largest absolute Gasteiger partial charge is 0.443 e. The van der Waals surface area contributed by atoms with Gasteiger partial charge in [-0.15, -0.1) is 11.3 Å². The molecule has 1 heterocycles. The lowest BCUT2D eigenvalue weighted by atomic mass is 10.1. The third-order valence-corrected chi connectivity index (χ3v) is 5.31. The fourth-order valence-corrected chi connectivity index (χ4v) is 3.76. The molecule has 0 saturated heterocycles. The van der Waals surface area contributed by atoms with E-state index in [1.165, 1.54) is 6.20 Å². The van der Waals surface area contributed by atoms with Gasteiger partial charge in [-0.3, -0.25) is 0 Å². The quantitative estimate of drug-likeness (QED) is 0.594. The van der Waals surface area contributed by atoms with Gasteiger partial charge in [0.2, 0.25) is 0 Å². The number of rotatable bonds is 4. The molecule has 0 amide bonds. The van der Waals surface area contributed by atoms with Gasteiger partial charge in [-0.1, -0.05) is 22.9 Å². The molecule has 0 aliphatic heterocycles. The third-order valence-electron chi connectivity index (χ3n) is 2.73. The van der Waals surface area contributed by atoms with Crippen LogP contribution in [0.4, 0.5) is 13.2 Å². The standard InChI is InChI=1S/C13H11BrF3IN2S/c1-2-19-11(8-5-7(14)3-4-9(8)18)10-6-20-12(21-10)13(15,16)17/h3-6,11,19H,2H2,1H3. The fourth-order valence-electron chi connectivity index (χ4n) is 1.85. The zero-order valence-corrected chi connectivity index (χ0v) is 15.4. The van der Waals surface area contributed by atoms with E-state index in [0.717, 1.165) is 13.6 Å². The van der Waals surface area contributed by atoms with Gasteiger partial charge in [0.25, 0.3) is 0 Å². The first-order valence-corrected chi connectivity index (χ1v) is 8.73. The van der Waals surface area contributed by atoms with E-state index in [-0.39, 0.29) is 6.04 Å². The zero-order valence-electron chi connectivity index (χ0n) is 10.8. The van der Waals surface area contributed by atoms with Gasteiger partial charge in [-0.05, 0) is 52.9 Å². The first-order chi connectivity index (χ1) is 9.82. The molecule has 1 aromatic carbocycles. The molecular weight excluding hydrogens is 480 g/mol. The number of alkyl halides is 3. The molecule has 0 spiro atoms. The van der Waals surface area contributed by atoms with Gasteiger partial charge in [0.1, 0.15) is 0 Å². The van der Waals surface area contributed by atoms with Crippen molar-refractivity contribution in [1.29, 1.82) is 0 Å². The van der Waals surface area contributed by atoms with Crippen LogP contribution in [0.2, 0.25) is 0 Å². The zero-order chi connectivity index (χ0) is 15.6. The lowest BCUT2D eigenvalue weighted by molar-refractivity contribution is -0.137. The monoisotopic (exact) mass is 490 g/mol. The van der Waals surface area contributed by atoms with Gasteiger partial charge in [0, 0.05) is 19.1 Å². The molecule has 1 unspecified atom stereocenters. The Hall–Kier alpha value is -0.190. The number of hydrogen-bond acceptors (Lipinski definition) is 3. The summed E-state index contributed by atoms with van der Waals surface area (Å²) >= 11 is 6.26. The smallest absolute Gasteiger partial charge is 0.306 e. The van der Waals surface area contributed by atoms with Crippen molar-refractivity contribution in [2.24, 2.45) is 0 Å². The molecule has 2 rings (SSSR count). The molecule has 1 N–H and O–H groups in total. The minimum Gasteiger partial charge on any atom is -0.306 e. The van der Waals surface area contributed by atoms with Crippen molar-refractivity contribution in [1.82, 2.24) is 10.3 Å². The van der Waals surface area contributed by atoms with Crippen molar-refractivity contribution >= 4 is 49.9 Å². The number of nitrogens with zero attached hydrogens (tertiary/aromatic N) is 1. The molecule has 0 fully saturated rings. The summed E-state index contributed by atoms with van der Waals surface area (Å²) < 4.78 is 40.0. The molecule has 1 aromatic heterocycles. The Bertz CT molecular complexity index is 630. The van der Waals surface area contributed by atoms with Crippen LogP contribution in [0.15, 0.2) is 28.9 Å². The van der Waals surface area contributed by atoms with E-state index >= 15 is 0 Å². The number of aromatic nitrogens is 1. The van der Waals surface area contributed by atoms with Crippen molar-refractivity contribution in [3.63, 3.8) is 0 Å². The summed E-state index contributed by atoms with van der Waals surface area (Å²) in [6, 6.07) is 5.45. The minimum atomic E-state index is -4.40. The maximum Gasteiger partial charge on any atom is 0.443 e. The van der Waals surface area contributed by atoms with E-state index < -0.39 is 11.2 Å². The second-order valence-electron chi connectivity index (χ2n) is 4.22. The molecule has 1 atom stereocenters. The van der Waals surface area contributed by atoms with Gasteiger partial charge in [-0.2, -0.15) is 13.2 Å². The van der Waals surface area contributed by atoms with E-state index in [1.807, 2.05) is 25.1 Å². The topological polar surface area (TPSA) is 24.9 Å². The van der Waals surface area contributed by atoms with Crippen LogP contribution in [0.1, 0.15) is 28.4 Å². The van der Waals surface area contributed by atoms with Gasteiger partial charge >= 0.3 is 6.18 Å². The van der Waals surface area contributed by atoms with Gasteiger partial charge in [0.15, 0.2) is 5.01 Å². The van der Waals surface area contributed by atoms with Crippen LogP contribution >= 0.6 is 49.9 Å². The normalized spacial score (nSPS) is 13.4. The highest BCUT2D eigenvalue weighted by Gasteiger charge is 2.35. The summed E-state index contributed by atoms with van der Waals surface area (Å²) in [4.78, 5) is 4.06. The number of thiazole rings is 1. The first kappa shape index (κ1) is 17.2. The molecular formula is C13H11BrF3IN2S. The third kappa shape index (κ3) is 4.17. The SMILES string of the molecule is CCNC(c1cnc(C(F)(F)F)s1)c1cc(Br)ccc1I. The summed E-state index contributed by atoms with van der Waals surface area (Å²) in [6.07, 6.45) is -3.10. The number of halogens is 5. The number of hydrogen-bond donors (Lipinski definition) is 1. The van der Waals surface area contributed by atoms with Crippen LogP contribution in [0, 0.1) is 3.57 Å². The Kier molecular flexibility index (Phi) is 5.66. The minimum absolute atomic E-state index is 0.298. The summed E-state index contributed by atoms with van der Waals surface area (Å²) in [7, 11) is 0.